The van der Waals surface area contributed by atoms with E-state index < -0.39 is 21.0 Å². The third-order valence-corrected chi connectivity index (χ3v) is 30.8. The SMILES string of the molecule is [2H]C([2H])([2H])N1CC[C@@]23CCCCC2[C@@H]1Cc1ccc(OC)cc13.[2H]C([2H])N1CC[C@@]23CCCCC2[C@@H]1Cc1ccc(OC)cc13.[2H]C([2H])Oc1ccc2c(c1)[C@]13CCCCC1[C@H](C2)N(C)CC3.[2H]CN1CC[C@@]23CCCCC2[C@@H]1Cc1ccc(OC)cc13.[2H]COc1ccc2c(c1)[C@]13CCCCC1[C@H](C2)N(C)CC3. The van der Waals surface area contributed by atoms with Crippen molar-refractivity contribution < 1.29 is 36.0 Å². The average Bonchev–Trinajstić information content (AvgIpc) is 0.737. The Bertz CT molecular complexity index is 4030. The van der Waals surface area contributed by atoms with Crippen LogP contribution in [0, 0.1) is 29.6 Å². The van der Waals surface area contributed by atoms with Crippen LogP contribution >= 0.6 is 0 Å². The van der Waals surface area contributed by atoms with Crippen LogP contribution in [-0.2, 0) is 59.2 Å². The first-order valence-electron chi connectivity index (χ1n) is 45.0. The van der Waals surface area contributed by atoms with E-state index in [0.717, 1.165) is 105 Å². The topological polar surface area (TPSA) is 62.4 Å². The molecule has 10 aliphatic carbocycles. The molecule has 5 heterocycles. The van der Waals surface area contributed by atoms with E-state index in [1.54, 1.807) is 32.5 Å². The Morgan fingerprint density at radius 2 is 0.600 bits per heavy atom. The van der Waals surface area contributed by atoms with Crippen LogP contribution in [0.1, 0.15) is 228 Å². The summed E-state index contributed by atoms with van der Waals surface area (Å²) in [5.41, 5.74) is 16.4. The summed E-state index contributed by atoms with van der Waals surface area (Å²) in [7, 11) is 9.07. The molecule has 0 radical (unpaired) electrons. The van der Waals surface area contributed by atoms with Crippen molar-refractivity contribution in [1.82, 2.24) is 24.5 Å². The van der Waals surface area contributed by atoms with Gasteiger partial charge >= 0.3 is 0 Å². The molecule has 20 rings (SSSR count). The minimum Gasteiger partial charge on any atom is -0.497 e. The fourth-order valence-electron chi connectivity index (χ4n) is 26.0. The van der Waals surface area contributed by atoms with Gasteiger partial charge in [0, 0.05) is 65.5 Å². The van der Waals surface area contributed by atoms with Gasteiger partial charge in [-0.2, -0.15) is 0 Å². The van der Waals surface area contributed by atoms with Crippen molar-refractivity contribution in [3.05, 3.63) is 147 Å². The third-order valence-electron chi connectivity index (χ3n) is 30.8. The third kappa shape index (κ3) is 11.6. The first-order chi connectivity index (χ1) is 52.7. The van der Waals surface area contributed by atoms with Gasteiger partial charge in [-0.1, -0.05) is 94.5 Å². The number of hydrogen-bond donors (Lipinski definition) is 0. The number of likely N-dealkylation sites (N-methyl/N-ethyl adjacent to an activating group) is 5. The molecule has 10 fully saturated rings. The normalized spacial score (nSPS) is 37.6. The molecule has 0 amide bonds. The maximum absolute atomic E-state index is 7.94. The highest BCUT2D eigenvalue weighted by atomic mass is 16.5. The lowest BCUT2D eigenvalue weighted by Crippen LogP contribution is -2.59. The number of fused-ring (bicyclic) bond motifs is 5. The number of nitrogens with zero attached hydrogens (tertiary/aromatic N) is 5. The van der Waals surface area contributed by atoms with Crippen molar-refractivity contribution >= 4 is 0 Å². The second-order valence-electron chi connectivity index (χ2n) is 34.3. The van der Waals surface area contributed by atoms with Crippen molar-refractivity contribution in [3.8, 4) is 28.7 Å². The van der Waals surface area contributed by atoms with Crippen LogP contribution in [0.4, 0.5) is 0 Å². The zero-order valence-corrected chi connectivity index (χ0v) is 61.5. The van der Waals surface area contributed by atoms with E-state index >= 15 is 0 Å². The molecule has 0 aromatic heterocycles. The number of methoxy groups -OCH3 is 5. The van der Waals surface area contributed by atoms with Crippen LogP contribution in [0.5, 0.6) is 28.7 Å². The first-order valence-corrected chi connectivity index (χ1v) is 39.8. The summed E-state index contributed by atoms with van der Waals surface area (Å²) < 4.78 is 96.8. The van der Waals surface area contributed by atoms with Crippen molar-refractivity contribution in [1.29, 1.82) is 0 Å². The van der Waals surface area contributed by atoms with Gasteiger partial charge in [0.25, 0.3) is 0 Å². The lowest BCUT2D eigenvalue weighted by Gasteiger charge is -2.58. The van der Waals surface area contributed by atoms with E-state index in [9.17, 15) is 0 Å². The predicted octanol–water partition coefficient (Wildman–Crippen LogP) is 16.9. The highest BCUT2D eigenvalue weighted by molar-refractivity contribution is 5.51. The maximum Gasteiger partial charge on any atom is 0.119 e. The van der Waals surface area contributed by atoms with Gasteiger partial charge in [-0.15, -0.1) is 0 Å². The van der Waals surface area contributed by atoms with Gasteiger partial charge in [0.1, 0.15) is 28.7 Å². The van der Waals surface area contributed by atoms with Crippen LogP contribution < -0.4 is 23.7 Å². The van der Waals surface area contributed by atoms with Crippen LogP contribution in [0.25, 0.3) is 0 Å². The largest absolute Gasteiger partial charge is 0.497 e. The number of piperidine rings is 5. The highest BCUT2D eigenvalue weighted by Gasteiger charge is 2.58. The van der Waals surface area contributed by atoms with Gasteiger partial charge in [-0.05, 0) is 342 Å². The molecule has 5 aromatic rings. The standard InChI is InChI=1S/5C18H25NO/c5*1-19-10-9-18-8-4-3-5-15(18)17(19)11-13-6-7-14(20-2)12-16(13)18/h5*6-7,12,15,17H,3-5,8-11H2,1-2H3/t5*15?,17-,18-/m00000/s1/i2D2;2D;1D3;1D2;1D. The molecule has 10 heteroatoms. The van der Waals surface area contributed by atoms with E-state index in [-0.39, 0.29) is 24.0 Å². The zero-order valence-electron chi connectivity index (χ0n) is 70.5. The Morgan fingerprint density at radius 3 is 0.900 bits per heavy atom. The summed E-state index contributed by atoms with van der Waals surface area (Å²) in [5.74, 6) is 7.94. The smallest absolute Gasteiger partial charge is 0.119 e. The molecule has 100 heavy (non-hydrogen) atoms. The Kier molecular flexibility index (Phi) is 16.6. The van der Waals surface area contributed by atoms with E-state index in [4.69, 9.17) is 36.0 Å². The van der Waals surface area contributed by atoms with Crippen molar-refractivity contribution in [2.45, 2.75) is 250 Å². The minimum atomic E-state index is -1.97. The summed E-state index contributed by atoms with van der Waals surface area (Å²) in [4.78, 5) is 11.5. The van der Waals surface area contributed by atoms with Crippen LogP contribution in [0.15, 0.2) is 91.0 Å². The Hall–Kier alpha value is -5.10. The van der Waals surface area contributed by atoms with Crippen molar-refractivity contribution in [2.24, 2.45) is 29.6 Å². The van der Waals surface area contributed by atoms with E-state index in [1.807, 2.05) is 17.0 Å². The fraction of sp³-hybridized carbons (Fsp3) is 0.667. The molecule has 0 N–H and O–H groups in total. The second-order valence-corrected chi connectivity index (χ2v) is 34.3. The number of ether oxygens (including phenoxy) is 5. The van der Waals surface area contributed by atoms with Gasteiger partial charge < -0.3 is 48.2 Å². The Balaban J connectivity index is 0.000000104. The summed E-state index contributed by atoms with van der Waals surface area (Å²) >= 11 is 0. The lowest BCUT2D eigenvalue weighted by molar-refractivity contribution is 0.00272. The number of rotatable bonds is 5. The van der Waals surface area contributed by atoms with E-state index in [2.05, 4.69) is 113 Å². The predicted molar refractivity (Wildman–Crippen MR) is 407 cm³/mol. The molecule has 5 aromatic carbocycles. The Morgan fingerprint density at radius 1 is 0.320 bits per heavy atom. The van der Waals surface area contributed by atoms with E-state index in [1.165, 1.54) is 205 Å². The molecule has 15 aliphatic rings. The van der Waals surface area contributed by atoms with Crippen molar-refractivity contribution in [3.63, 3.8) is 0 Å². The number of hydrogen-bond acceptors (Lipinski definition) is 10. The molecule has 5 aliphatic heterocycles. The van der Waals surface area contributed by atoms with Crippen LogP contribution in [-0.4, -0.2) is 158 Å². The summed E-state index contributed by atoms with van der Waals surface area (Å²) in [6.45, 7) is 2.29. The molecule has 5 saturated carbocycles. The minimum absolute atomic E-state index is 0.0145. The average molecular weight is 1370 g/mol. The summed E-state index contributed by atoms with van der Waals surface area (Å²) in [5, 5.41) is 0. The molecule has 10 bridgehead atoms. The van der Waals surface area contributed by atoms with Gasteiger partial charge in [-0.25, -0.2) is 0 Å². The molecule has 5 saturated heterocycles. The van der Waals surface area contributed by atoms with E-state index in [0.29, 0.717) is 65.5 Å². The van der Waals surface area contributed by atoms with Gasteiger partial charge in [0.2, 0.25) is 0 Å². The molecule has 0 spiro atoms. The summed E-state index contributed by atoms with van der Waals surface area (Å²) in [6, 6.07) is 35.1. The van der Waals surface area contributed by atoms with Gasteiger partial charge in [-0.3, -0.25) is 0 Å². The maximum atomic E-state index is 7.94. The van der Waals surface area contributed by atoms with Gasteiger partial charge in [0.15, 0.2) is 0 Å². The summed E-state index contributed by atoms with van der Waals surface area (Å²) in [6.07, 6.45) is 37.4. The second kappa shape index (κ2) is 28.1. The van der Waals surface area contributed by atoms with Crippen LogP contribution in [0.3, 0.4) is 0 Å². The quantitative estimate of drug-likeness (QED) is 0.170. The highest BCUT2D eigenvalue weighted by Crippen LogP contribution is 2.62. The molecule has 15 atom stereocenters. The Labute approximate surface area is 616 Å². The molecule has 540 valence electrons. The van der Waals surface area contributed by atoms with Gasteiger partial charge in [0.05, 0.1) is 39.6 Å². The zero-order chi connectivity index (χ0) is 75.8. The molecular weight excluding hydrogens is 1230 g/mol. The monoisotopic (exact) mass is 1370 g/mol. The number of likely N-dealkylation sites (tertiary alicyclic amines) is 5. The molecule has 5 unspecified atom stereocenters. The molecule has 10 nitrogen and oxygen atoms in total. The molecular formula is C90H125N5O5. The fourth-order valence-corrected chi connectivity index (χ4v) is 26.0. The number of benzene rings is 5. The van der Waals surface area contributed by atoms with Crippen LogP contribution in [0.2, 0.25) is 0 Å². The van der Waals surface area contributed by atoms with Crippen molar-refractivity contribution in [2.75, 3.05) is 103 Å². The lowest BCUT2D eigenvalue weighted by atomic mass is 9.52. The first kappa shape index (κ1) is 59.2.